The molecular formula is C30H16Br4F12. The molecule has 0 N–H and O–H groups in total. The van der Waals surface area contributed by atoms with Crippen LogP contribution in [0.25, 0.3) is 0 Å². The monoisotopic (exact) mass is 920 g/mol. The van der Waals surface area contributed by atoms with Crippen LogP contribution in [0.15, 0.2) is 115 Å². The predicted molar refractivity (Wildman–Crippen MR) is 162 cm³/mol. The molecule has 16 heteroatoms. The minimum absolute atomic E-state index is 0.385. The summed E-state index contributed by atoms with van der Waals surface area (Å²) >= 11 is 12.0. The zero-order valence-electron chi connectivity index (χ0n) is 22.3. The molecule has 0 fully saturated rings. The molecule has 0 aliphatic rings. The molecule has 46 heavy (non-hydrogen) atoms. The minimum atomic E-state index is -5.56. The summed E-state index contributed by atoms with van der Waals surface area (Å²) in [5, 5.41) is 0. The minimum Gasteiger partial charge on any atom is -0.169 e. The Morgan fingerprint density at radius 1 is 0.261 bits per heavy atom. The third-order valence-electron chi connectivity index (χ3n) is 6.81. The van der Waals surface area contributed by atoms with Crippen LogP contribution in [0.3, 0.4) is 0 Å². The van der Waals surface area contributed by atoms with Crippen LogP contribution in [0, 0.1) is 0 Å². The molecule has 0 aliphatic carbocycles. The highest BCUT2D eigenvalue weighted by atomic mass is 79.9. The fourth-order valence-electron chi connectivity index (χ4n) is 4.76. The van der Waals surface area contributed by atoms with E-state index in [1.807, 2.05) is 0 Å². The van der Waals surface area contributed by atoms with Crippen LogP contribution in [0.5, 0.6) is 0 Å². The second kappa shape index (κ2) is 13.8. The number of alkyl halides is 12. The van der Waals surface area contributed by atoms with Gasteiger partial charge in [0.25, 0.3) is 0 Å². The Hall–Kier alpha value is -2.04. The first-order valence-electron chi connectivity index (χ1n) is 12.3. The molecule has 248 valence electrons. The van der Waals surface area contributed by atoms with Crippen molar-refractivity contribution in [2.75, 3.05) is 0 Å². The van der Waals surface area contributed by atoms with Crippen molar-refractivity contribution in [1.82, 2.24) is 0 Å². The Kier molecular flexibility index (Phi) is 11.5. The van der Waals surface area contributed by atoms with Crippen LogP contribution >= 0.6 is 63.7 Å². The van der Waals surface area contributed by atoms with Gasteiger partial charge in [0.1, 0.15) is 0 Å². The van der Waals surface area contributed by atoms with Crippen LogP contribution < -0.4 is 0 Å². The van der Waals surface area contributed by atoms with Gasteiger partial charge in [-0.15, -0.1) is 0 Å². The number of hydrogen-bond acceptors (Lipinski definition) is 0. The quantitative estimate of drug-likeness (QED) is 0.179. The molecule has 0 saturated carbocycles. The van der Waals surface area contributed by atoms with Gasteiger partial charge >= 0.3 is 24.7 Å². The van der Waals surface area contributed by atoms with Gasteiger partial charge in [-0.3, -0.25) is 0 Å². The van der Waals surface area contributed by atoms with Crippen molar-refractivity contribution >= 4 is 63.7 Å². The van der Waals surface area contributed by atoms with E-state index in [4.69, 9.17) is 0 Å². The van der Waals surface area contributed by atoms with Gasteiger partial charge in [-0.25, -0.2) is 0 Å². The molecule has 0 spiro atoms. The second-order valence-corrected chi connectivity index (χ2v) is 13.2. The summed E-state index contributed by atoms with van der Waals surface area (Å²) in [7, 11) is 0. The second-order valence-electron chi connectivity index (χ2n) is 9.52. The molecule has 0 atom stereocenters. The van der Waals surface area contributed by atoms with Crippen molar-refractivity contribution < 1.29 is 52.7 Å². The van der Waals surface area contributed by atoms with E-state index in [-0.39, 0.29) is 0 Å². The van der Waals surface area contributed by atoms with E-state index in [2.05, 4.69) is 63.7 Å². The van der Waals surface area contributed by atoms with E-state index in [9.17, 15) is 52.7 Å². The fraction of sp³-hybridized carbons (Fsp3) is 0.200. The Labute approximate surface area is 287 Å². The Morgan fingerprint density at radius 2 is 0.391 bits per heavy atom. The van der Waals surface area contributed by atoms with E-state index in [1.165, 1.54) is 0 Å². The van der Waals surface area contributed by atoms with Gasteiger partial charge in [-0.05, 0) is 70.8 Å². The summed E-state index contributed by atoms with van der Waals surface area (Å²) in [6, 6.07) is 15.8. The highest BCUT2D eigenvalue weighted by Crippen LogP contribution is 2.57. The molecular weight excluding hydrogens is 908 g/mol. The first-order valence-corrected chi connectivity index (χ1v) is 15.5. The molecule has 0 aromatic heterocycles. The lowest BCUT2D eigenvalue weighted by Gasteiger charge is -2.38. The smallest absolute Gasteiger partial charge is 0.169 e. The standard InChI is InChI=1S/2C15H8Br2F6/c2*16-11-5-1-9(2-6-11)13(14(18,19)20,15(21,22)23)10-3-7-12(17)8-4-10/h2*1-8H. The molecule has 0 saturated heterocycles. The molecule has 0 radical (unpaired) electrons. The Morgan fingerprint density at radius 3 is 0.500 bits per heavy atom. The summed E-state index contributed by atoms with van der Waals surface area (Å²) in [6.45, 7) is 0. The fourth-order valence-corrected chi connectivity index (χ4v) is 5.82. The van der Waals surface area contributed by atoms with E-state index >= 15 is 0 Å². The molecule has 0 amide bonds. The molecule has 0 nitrogen and oxygen atoms in total. The Bertz CT molecular complexity index is 1340. The topological polar surface area (TPSA) is 0 Å². The maximum absolute atomic E-state index is 13.7. The van der Waals surface area contributed by atoms with E-state index in [1.54, 1.807) is 0 Å². The van der Waals surface area contributed by atoms with Crippen molar-refractivity contribution in [1.29, 1.82) is 0 Å². The largest absolute Gasteiger partial charge is 0.411 e. The third-order valence-corrected chi connectivity index (χ3v) is 8.92. The van der Waals surface area contributed by atoms with E-state index in [0.29, 0.717) is 17.9 Å². The molecule has 4 rings (SSSR count). The Balaban J connectivity index is 0.000000250. The van der Waals surface area contributed by atoms with Gasteiger partial charge in [0.05, 0.1) is 0 Å². The van der Waals surface area contributed by atoms with Crippen molar-refractivity contribution in [3.63, 3.8) is 0 Å². The van der Waals surface area contributed by atoms with Crippen LogP contribution in [0.2, 0.25) is 0 Å². The highest BCUT2D eigenvalue weighted by Gasteiger charge is 2.73. The van der Waals surface area contributed by atoms with Gasteiger partial charge in [-0.2, -0.15) is 52.7 Å². The van der Waals surface area contributed by atoms with Gasteiger partial charge in [0.15, 0.2) is 0 Å². The summed E-state index contributed by atoms with van der Waals surface area (Å²) in [5.74, 6) is 0. The zero-order valence-corrected chi connectivity index (χ0v) is 28.6. The van der Waals surface area contributed by atoms with Crippen molar-refractivity contribution in [3.05, 3.63) is 137 Å². The summed E-state index contributed by atoms with van der Waals surface area (Å²) in [5.41, 5.74) is -11.7. The maximum atomic E-state index is 13.7. The van der Waals surface area contributed by atoms with Crippen LogP contribution in [0.4, 0.5) is 52.7 Å². The van der Waals surface area contributed by atoms with Crippen molar-refractivity contribution in [2.24, 2.45) is 0 Å². The highest BCUT2D eigenvalue weighted by molar-refractivity contribution is 9.11. The summed E-state index contributed by atoms with van der Waals surface area (Å²) in [4.78, 5) is 0. The SMILES string of the molecule is FC(F)(F)C(c1ccc(Br)cc1)(c1ccc(Br)cc1)C(F)(F)F.FC(F)(F)C(c1ccc(Br)cc1)(c1ccc(Br)cc1)C(F)(F)F. The lowest BCUT2D eigenvalue weighted by atomic mass is 9.73. The van der Waals surface area contributed by atoms with E-state index < -0.39 is 57.8 Å². The molecule has 0 aliphatic heterocycles. The molecule has 4 aromatic carbocycles. The first kappa shape index (κ1) is 38.4. The summed E-state index contributed by atoms with van der Waals surface area (Å²) in [6.07, 6.45) is -22.3. The first-order chi connectivity index (χ1) is 21.0. The van der Waals surface area contributed by atoms with E-state index in [0.717, 1.165) is 97.1 Å². The van der Waals surface area contributed by atoms with Crippen molar-refractivity contribution in [3.8, 4) is 0 Å². The van der Waals surface area contributed by atoms with Crippen molar-refractivity contribution in [2.45, 2.75) is 35.5 Å². The third kappa shape index (κ3) is 7.34. The molecule has 4 aromatic rings. The molecule has 0 heterocycles. The average Bonchev–Trinajstić information content (AvgIpc) is 2.91. The van der Waals surface area contributed by atoms with Gasteiger partial charge in [0.2, 0.25) is 10.8 Å². The number of rotatable bonds is 4. The summed E-state index contributed by atoms with van der Waals surface area (Å²) < 4.78 is 166. The van der Waals surface area contributed by atoms with Gasteiger partial charge in [-0.1, -0.05) is 112 Å². The normalized spacial score (nSPS) is 13.2. The van der Waals surface area contributed by atoms with Gasteiger partial charge < -0.3 is 0 Å². The number of hydrogen-bond donors (Lipinski definition) is 0. The predicted octanol–water partition coefficient (Wildman–Crippen LogP) is 13.2. The lowest BCUT2D eigenvalue weighted by Crippen LogP contribution is -2.54. The number of halogens is 16. The van der Waals surface area contributed by atoms with Crippen LogP contribution in [-0.2, 0) is 10.8 Å². The van der Waals surface area contributed by atoms with Gasteiger partial charge in [0, 0.05) is 17.9 Å². The molecule has 0 bridgehead atoms. The zero-order chi connectivity index (χ0) is 34.9. The van der Waals surface area contributed by atoms with Crippen LogP contribution in [0.1, 0.15) is 22.3 Å². The number of benzene rings is 4. The average molecular weight is 924 g/mol. The lowest BCUT2D eigenvalue weighted by molar-refractivity contribution is -0.290. The maximum Gasteiger partial charge on any atom is 0.411 e. The molecule has 0 unspecified atom stereocenters. The van der Waals surface area contributed by atoms with Crippen LogP contribution in [-0.4, -0.2) is 24.7 Å².